The molecule has 0 amide bonds. The van der Waals surface area contributed by atoms with Crippen molar-refractivity contribution in [1.82, 2.24) is 15.0 Å². The number of rotatable bonds is 7. The van der Waals surface area contributed by atoms with Crippen molar-refractivity contribution in [1.29, 1.82) is 5.26 Å². The van der Waals surface area contributed by atoms with Crippen LogP contribution < -0.4 is 4.74 Å². The molecule has 0 spiro atoms. The lowest BCUT2D eigenvalue weighted by Crippen LogP contribution is -2.22. The molecule has 38 heavy (non-hydrogen) atoms. The Balaban J connectivity index is 1.51. The SMILES string of the molecule is CCCc1cccc(C(C)(C#N)c2cnc(-c3cc(Oc4c(F)c(F)c5[nH]ccc5c4C)ccc3F)[nH]2)c1. The molecule has 2 heterocycles. The molecule has 2 aromatic heterocycles. The number of hydrogen-bond acceptors (Lipinski definition) is 3. The summed E-state index contributed by atoms with van der Waals surface area (Å²) in [5, 5.41) is 10.6. The second kappa shape index (κ2) is 9.75. The Morgan fingerprint density at radius 1 is 1.08 bits per heavy atom. The number of ether oxygens (including phenoxy) is 1. The quantitative estimate of drug-likeness (QED) is 0.232. The molecule has 0 aliphatic heterocycles. The van der Waals surface area contributed by atoms with Crippen LogP contribution in [0, 0.1) is 35.7 Å². The monoisotopic (exact) mass is 514 g/mol. The number of aromatic amines is 2. The molecule has 0 aliphatic carbocycles. The van der Waals surface area contributed by atoms with Gasteiger partial charge in [-0.05, 0) is 55.7 Å². The Morgan fingerprint density at radius 3 is 2.66 bits per heavy atom. The Kier molecular flexibility index (Phi) is 6.45. The Labute approximate surface area is 217 Å². The minimum Gasteiger partial charge on any atom is -0.454 e. The summed E-state index contributed by atoms with van der Waals surface area (Å²) in [5.41, 5.74) is 1.89. The van der Waals surface area contributed by atoms with Gasteiger partial charge in [0.15, 0.2) is 11.6 Å². The molecule has 0 bridgehead atoms. The lowest BCUT2D eigenvalue weighted by molar-refractivity contribution is 0.416. The smallest absolute Gasteiger partial charge is 0.203 e. The van der Waals surface area contributed by atoms with Crippen molar-refractivity contribution >= 4 is 10.9 Å². The molecule has 5 nitrogen and oxygen atoms in total. The number of nitrogens with one attached hydrogen (secondary N) is 2. The van der Waals surface area contributed by atoms with Crippen LogP contribution in [0.4, 0.5) is 13.2 Å². The van der Waals surface area contributed by atoms with Crippen molar-refractivity contribution in [3.8, 4) is 29.0 Å². The zero-order valence-corrected chi connectivity index (χ0v) is 21.1. The second-order valence-electron chi connectivity index (χ2n) is 9.42. The van der Waals surface area contributed by atoms with Gasteiger partial charge in [-0.15, -0.1) is 0 Å². The van der Waals surface area contributed by atoms with Gasteiger partial charge in [0.25, 0.3) is 0 Å². The van der Waals surface area contributed by atoms with Crippen LogP contribution in [-0.2, 0) is 11.8 Å². The van der Waals surface area contributed by atoms with E-state index < -0.39 is 22.9 Å². The van der Waals surface area contributed by atoms with E-state index in [1.165, 1.54) is 30.6 Å². The molecular weight excluding hydrogens is 489 g/mol. The number of H-pyrrole nitrogens is 2. The molecule has 0 fully saturated rings. The van der Waals surface area contributed by atoms with Gasteiger partial charge in [-0.3, -0.25) is 0 Å². The molecule has 2 N–H and O–H groups in total. The van der Waals surface area contributed by atoms with E-state index >= 15 is 0 Å². The first-order valence-electron chi connectivity index (χ1n) is 12.3. The summed E-state index contributed by atoms with van der Waals surface area (Å²) >= 11 is 0. The van der Waals surface area contributed by atoms with Gasteiger partial charge in [-0.1, -0.05) is 37.6 Å². The van der Waals surface area contributed by atoms with E-state index in [0.717, 1.165) is 24.0 Å². The van der Waals surface area contributed by atoms with Crippen LogP contribution in [0.15, 0.2) is 60.9 Å². The lowest BCUT2D eigenvalue weighted by Gasteiger charge is -2.21. The first kappa shape index (κ1) is 25.2. The van der Waals surface area contributed by atoms with E-state index in [9.17, 15) is 18.4 Å². The molecule has 0 saturated carbocycles. The summed E-state index contributed by atoms with van der Waals surface area (Å²) in [6, 6.07) is 15.7. The highest BCUT2D eigenvalue weighted by molar-refractivity contribution is 5.86. The van der Waals surface area contributed by atoms with E-state index in [1.807, 2.05) is 24.3 Å². The fraction of sp³-hybridized carbons (Fsp3) is 0.200. The van der Waals surface area contributed by atoms with E-state index in [4.69, 9.17) is 4.74 Å². The fourth-order valence-corrected chi connectivity index (χ4v) is 4.67. The van der Waals surface area contributed by atoms with Gasteiger partial charge < -0.3 is 14.7 Å². The van der Waals surface area contributed by atoms with Crippen LogP contribution in [0.1, 0.15) is 42.7 Å². The molecule has 0 saturated heterocycles. The summed E-state index contributed by atoms with van der Waals surface area (Å²) in [5.74, 6) is -2.78. The first-order chi connectivity index (χ1) is 18.3. The molecule has 8 heteroatoms. The summed E-state index contributed by atoms with van der Waals surface area (Å²) < 4.78 is 50.0. The van der Waals surface area contributed by atoms with Gasteiger partial charge in [-0.25, -0.2) is 13.8 Å². The normalized spacial score (nSPS) is 12.9. The van der Waals surface area contributed by atoms with E-state index in [0.29, 0.717) is 16.6 Å². The number of hydrogen-bond donors (Lipinski definition) is 2. The van der Waals surface area contributed by atoms with E-state index in [2.05, 4.69) is 27.9 Å². The third-order valence-electron chi connectivity index (χ3n) is 6.90. The van der Waals surface area contributed by atoms with Gasteiger partial charge in [0.1, 0.15) is 22.8 Å². The largest absolute Gasteiger partial charge is 0.454 e. The predicted molar refractivity (Wildman–Crippen MR) is 140 cm³/mol. The Hall–Kier alpha value is -4.51. The van der Waals surface area contributed by atoms with Crippen LogP contribution in [-0.4, -0.2) is 15.0 Å². The number of halogens is 3. The standard InChI is InChI=1S/C30H25F3N4O/c1-4-6-18-7-5-8-19(13-18)30(3,16-34)24-15-36-29(37-24)22-14-20(9-10-23(22)31)38-28-17(2)21-11-12-35-27(21)25(32)26(28)33/h5,7-15,35H,4,6H2,1-3H3,(H,36,37). The summed E-state index contributed by atoms with van der Waals surface area (Å²) in [4.78, 5) is 10.1. The summed E-state index contributed by atoms with van der Waals surface area (Å²) in [7, 11) is 0. The van der Waals surface area contributed by atoms with Gasteiger partial charge >= 0.3 is 0 Å². The molecule has 1 unspecified atom stereocenters. The average Bonchev–Trinajstić information content (AvgIpc) is 3.62. The topological polar surface area (TPSA) is 77.5 Å². The minimum atomic E-state index is -1.14. The third kappa shape index (κ3) is 4.20. The molecule has 3 aromatic carbocycles. The van der Waals surface area contributed by atoms with Gasteiger partial charge in [0, 0.05) is 17.1 Å². The lowest BCUT2D eigenvalue weighted by atomic mass is 9.80. The number of aryl methyl sites for hydroxylation is 2. The maximum atomic E-state index is 14.9. The van der Waals surface area contributed by atoms with Crippen LogP contribution >= 0.6 is 0 Å². The molecule has 192 valence electrons. The minimum absolute atomic E-state index is 0.0519. The molecule has 5 aromatic rings. The highest BCUT2D eigenvalue weighted by Crippen LogP contribution is 2.38. The maximum absolute atomic E-state index is 14.9. The van der Waals surface area contributed by atoms with Crippen LogP contribution in [0.2, 0.25) is 0 Å². The first-order valence-corrected chi connectivity index (χ1v) is 12.3. The van der Waals surface area contributed by atoms with Crippen molar-refractivity contribution in [2.45, 2.75) is 39.0 Å². The Morgan fingerprint density at radius 2 is 1.89 bits per heavy atom. The summed E-state index contributed by atoms with van der Waals surface area (Å²) in [6.45, 7) is 5.49. The van der Waals surface area contributed by atoms with Gasteiger partial charge in [-0.2, -0.15) is 9.65 Å². The van der Waals surface area contributed by atoms with Crippen molar-refractivity contribution in [2.24, 2.45) is 0 Å². The van der Waals surface area contributed by atoms with E-state index in [-0.39, 0.29) is 28.4 Å². The number of imidazole rings is 1. The van der Waals surface area contributed by atoms with Crippen molar-refractivity contribution < 1.29 is 17.9 Å². The number of aromatic nitrogens is 3. The average molecular weight is 515 g/mol. The highest BCUT2D eigenvalue weighted by Gasteiger charge is 2.32. The molecule has 0 radical (unpaired) electrons. The number of nitrogens with zero attached hydrogens (tertiary/aromatic N) is 2. The van der Waals surface area contributed by atoms with Gasteiger partial charge in [0.05, 0.1) is 29.0 Å². The van der Waals surface area contributed by atoms with Crippen LogP contribution in [0.5, 0.6) is 11.5 Å². The van der Waals surface area contributed by atoms with Crippen molar-refractivity contribution in [2.75, 3.05) is 0 Å². The number of nitriles is 1. The molecule has 0 aliphatic rings. The molecule has 5 rings (SSSR count). The van der Waals surface area contributed by atoms with Crippen LogP contribution in [0.3, 0.4) is 0 Å². The van der Waals surface area contributed by atoms with Crippen molar-refractivity contribution in [3.05, 3.63) is 101 Å². The van der Waals surface area contributed by atoms with E-state index in [1.54, 1.807) is 19.9 Å². The zero-order chi connectivity index (χ0) is 27.0. The zero-order valence-electron chi connectivity index (χ0n) is 21.1. The van der Waals surface area contributed by atoms with Crippen LogP contribution in [0.25, 0.3) is 22.3 Å². The summed E-state index contributed by atoms with van der Waals surface area (Å²) in [6.07, 6.45) is 4.90. The Bertz CT molecular complexity index is 1700. The second-order valence-corrected chi connectivity index (χ2v) is 9.42. The predicted octanol–water partition coefficient (Wildman–Crippen LogP) is 7.86. The van der Waals surface area contributed by atoms with Gasteiger partial charge in [0.2, 0.25) is 5.82 Å². The number of benzene rings is 3. The maximum Gasteiger partial charge on any atom is 0.203 e. The molecule has 1 atom stereocenters. The highest BCUT2D eigenvalue weighted by atomic mass is 19.2. The van der Waals surface area contributed by atoms with Crippen molar-refractivity contribution in [3.63, 3.8) is 0 Å². The fourth-order valence-electron chi connectivity index (χ4n) is 4.67. The molecular formula is C30H25F3N4O. The third-order valence-corrected chi connectivity index (χ3v) is 6.90. The number of fused-ring (bicyclic) bond motifs is 1.